The summed E-state index contributed by atoms with van der Waals surface area (Å²) in [6.07, 6.45) is 7.97. The molecule has 0 spiro atoms. The molecule has 0 unspecified atom stereocenters. The molecular weight excluding hydrogens is 330 g/mol. The molecule has 1 aromatic heterocycles. The van der Waals surface area contributed by atoms with Crippen LogP contribution in [0.2, 0.25) is 0 Å². The molecule has 1 atom stereocenters. The summed E-state index contributed by atoms with van der Waals surface area (Å²) in [6.45, 7) is 6.30. The molecule has 2 aliphatic heterocycles. The van der Waals surface area contributed by atoms with Gasteiger partial charge in [-0.1, -0.05) is 0 Å². The number of hydrogen-bond donors (Lipinski definition) is 0. The first-order valence-electron chi connectivity index (χ1n) is 9.78. The zero-order chi connectivity index (χ0) is 18.2. The smallest absolute Gasteiger partial charge is 0.254 e. The quantitative estimate of drug-likeness (QED) is 0.709. The van der Waals surface area contributed by atoms with Crippen LogP contribution >= 0.6 is 0 Å². The lowest BCUT2D eigenvalue weighted by Gasteiger charge is -2.35. The van der Waals surface area contributed by atoms with E-state index in [2.05, 4.69) is 9.88 Å². The molecule has 0 aromatic carbocycles. The third kappa shape index (κ3) is 5.50. The van der Waals surface area contributed by atoms with Gasteiger partial charge >= 0.3 is 0 Å². The number of hydrogen-bond acceptors (Lipinski definition) is 5. The minimum atomic E-state index is 0.102. The van der Waals surface area contributed by atoms with Gasteiger partial charge in [0.25, 0.3) is 5.91 Å². The number of likely N-dealkylation sites (tertiary alicyclic amines) is 1. The van der Waals surface area contributed by atoms with E-state index in [1.54, 1.807) is 31.6 Å². The van der Waals surface area contributed by atoms with Crippen LogP contribution in [0.25, 0.3) is 0 Å². The van der Waals surface area contributed by atoms with E-state index in [1.807, 2.05) is 4.90 Å². The molecule has 1 amide bonds. The Bertz CT molecular complexity index is 540. The van der Waals surface area contributed by atoms with Gasteiger partial charge in [-0.05, 0) is 56.8 Å². The number of piperidine rings is 1. The number of ether oxygens (including phenoxy) is 2. The Morgan fingerprint density at radius 2 is 2.04 bits per heavy atom. The summed E-state index contributed by atoms with van der Waals surface area (Å²) in [5, 5.41) is 0. The monoisotopic (exact) mass is 361 g/mol. The van der Waals surface area contributed by atoms with Crippen LogP contribution < -0.4 is 0 Å². The van der Waals surface area contributed by atoms with Crippen LogP contribution in [0, 0.1) is 5.92 Å². The predicted molar refractivity (Wildman–Crippen MR) is 100 cm³/mol. The third-order valence-electron chi connectivity index (χ3n) is 5.46. The van der Waals surface area contributed by atoms with Crippen LogP contribution in [-0.2, 0) is 9.47 Å². The highest BCUT2D eigenvalue weighted by Crippen LogP contribution is 2.21. The van der Waals surface area contributed by atoms with Crippen LogP contribution in [0.1, 0.15) is 36.0 Å². The summed E-state index contributed by atoms with van der Waals surface area (Å²) in [4.78, 5) is 21.5. The molecule has 26 heavy (non-hydrogen) atoms. The lowest BCUT2D eigenvalue weighted by molar-refractivity contribution is 0.0437. The van der Waals surface area contributed by atoms with E-state index < -0.39 is 0 Å². The fraction of sp³-hybridized carbons (Fsp3) is 0.700. The molecule has 0 bridgehead atoms. The number of aromatic nitrogens is 1. The molecular formula is C20H31N3O3. The second-order valence-electron chi connectivity index (χ2n) is 7.36. The van der Waals surface area contributed by atoms with Gasteiger partial charge in [0.1, 0.15) is 0 Å². The van der Waals surface area contributed by atoms with Crippen molar-refractivity contribution in [3.8, 4) is 0 Å². The fourth-order valence-corrected chi connectivity index (χ4v) is 3.88. The van der Waals surface area contributed by atoms with Gasteiger partial charge in [0.2, 0.25) is 0 Å². The molecule has 0 N–H and O–H groups in total. The molecule has 144 valence electrons. The Hall–Kier alpha value is -1.50. The van der Waals surface area contributed by atoms with Crippen LogP contribution in [0.5, 0.6) is 0 Å². The van der Waals surface area contributed by atoms with E-state index in [-0.39, 0.29) is 12.0 Å². The van der Waals surface area contributed by atoms with E-state index in [4.69, 9.17) is 9.47 Å². The normalized spacial score (nSPS) is 21.8. The predicted octanol–water partition coefficient (Wildman–Crippen LogP) is 2.06. The average Bonchev–Trinajstić information content (AvgIpc) is 3.20. The van der Waals surface area contributed by atoms with Crippen LogP contribution in [0.15, 0.2) is 24.5 Å². The minimum Gasteiger partial charge on any atom is -0.383 e. The Morgan fingerprint density at radius 3 is 2.69 bits per heavy atom. The second-order valence-corrected chi connectivity index (χ2v) is 7.36. The number of nitrogens with zero attached hydrogens (tertiary/aromatic N) is 3. The van der Waals surface area contributed by atoms with Crippen molar-refractivity contribution < 1.29 is 14.3 Å². The van der Waals surface area contributed by atoms with Crippen LogP contribution in [0.3, 0.4) is 0 Å². The number of amides is 1. The molecule has 6 nitrogen and oxygen atoms in total. The third-order valence-corrected chi connectivity index (χ3v) is 5.46. The number of methoxy groups -OCH3 is 1. The van der Waals surface area contributed by atoms with Gasteiger partial charge in [0, 0.05) is 51.3 Å². The first-order valence-corrected chi connectivity index (χ1v) is 9.78. The summed E-state index contributed by atoms with van der Waals surface area (Å²) in [5.41, 5.74) is 0.718. The SMILES string of the molecule is COCCN1CCC(CN(C[C@H]2CCCO2)C(=O)c2ccncc2)CC1. The Balaban J connectivity index is 1.58. The van der Waals surface area contributed by atoms with E-state index in [9.17, 15) is 4.79 Å². The van der Waals surface area contributed by atoms with Crippen LogP contribution in [-0.4, -0.2) is 79.8 Å². The molecule has 3 rings (SSSR count). The van der Waals surface area contributed by atoms with Crippen molar-refractivity contribution in [2.24, 2.45) is 5.92 Å². The lowest BCUT2D eigenvalue weighted by Crippen LogP contribution is -2.44. The van der Waals surface area contributed by atoms with Crippen molar-refractivity contribution >= 4 is 5.91 Å². The van der Waals surface area contributed by atoms with Gasteiger partial charge in [-0.3, -0.25) is 9.78 Å². The standard InChI is InChI=1S/C20H31N3O3/c1-25-14-12-22-10-6-17(7-11-22)15-23(16-19-3-2-13-26-19)20(24)18-4-8-21-9-5-18/h4-5,8-9,17,19H,2-3,6-7,10-16H2,1H3/t19-/m1/s1. The highest BCUT2D eigenvalue weighted by atomic mass is 16.5. The molecule has 6 heteroatoms. The fourth-order valence-electron chi connectivity index (χ4n) is 3.88. The topological polar surface area (TPSA) is 54.9 Å². The Morgan fingerprint density at radius 1 is 1.27 bits per heavy atom. The highest BCUT2D eigenvalue weighted by Gasteiger charge is 2.27. The van der Waals surface area contributed by atoms with Gasteiger partial charge in [-0.2, -0.15) is 0 Å². The van der Waals surface area contributed by atoms with E-state index in [0.717, 1.165) is 70.6 Å². The molecule has 0 radical (unpaired) electrons. The first-order chi connectivity index (χ1) is 12.8. The van der Waals surface area contributed by atoms with Crippen molar-refractivity contribution in [3.63, 3.8) is 0 Å². The molecule has 1 aromatic rings. The average molecular weight is 361 g/mol. The second kappa shape index (κ2) is 10.00. The summed E-state index contributed by atoms with van der Waals surface area (Å²) >= 11 is 0. The summed E-state index contributed by atoms with van der Waals surface area (Å²) < 4.78 is 11.0. The van der Waals surface area contributed by atoms with E-state index in [1.165, 1.54) is 0 Å². The van der Waals surface area contributed by atoms with Crippen LogP contribution in [0.4, 0.5) is 0 Å². The van der Waals surface area contributed by atoms with Gasteiger partial charge < -0.3 is 19.3 Å². The summed E-state index contributed by atoms with van der Waals surface area (Å²) in [7, 11) is 1.75. The number of carbonyl (C=O) groups excluding carboxylic acids is 1. The van der Waals surface area contributed by atoms with Gasteiger partial charge in [-0.25, -0.2) is 0 Å². The molecule has 3 heterocycles. The number of rotatable bonds is 8. The lowest BCUT2D eigenvalue weighted by atomic mass is 9.95. The maximum absolute atomic E-state index is 13.0. The van der Waals surface area contributed by atoms with E-state index >= 15 is 0 Å². The number of carbonyl (C=O) groups is 1. The highest BCUT2D eigenvalue weighted by molar-refractivity contribution is 5.94. The molecule has 2 fully saturated rings. The van der Waals surface area contributed by atoms with Gasteiger partial charge in [0.15, 0.2) is 0 Å². The van der Waals surface area contributed by atoms with Crippen molar-refractivity contribution in [1.29, 1.82) is 0 Å². The van der Waals surface area contributed by atoms with Crippen molar-refractivity contribution in [1.82, 2.24) is 14.8 Å². The zero-order valence-electron chi connectivity index (χ0n) is 15.8. The minimum absolute atomic E-state index is 0.102. The molecule has 0 aliphatic carbocycles. The largest absolute Gasteiger partial charge is 0.383 e. The van der Waals surface area contributed by atoms with Crippen molar-refractivity contribution in [3.05, 3.63) is 30.1 Å². The first kappa shape index (κ1) is 19.3. The van der Waals surface area contributed by atoms with Crippen molar-refractivity contribution in [2.75, 3.05) is 53.0 Å². The Kier molecular flexibility index (Phi) is 7.41. The Labute approximate surface area is 156 Å². The van der Waals surface area contributed by atoms with Gasteiger partial charge in [-0.15, -0.1) is 0 Å². The summed E-state index contributed by atoms with van der Waals surface area (Å²) in [6, 6.07) is 3.61. The molecule has 0 saturated carbocycles. The maximum Gasteiger partial charge on any atom is 0.254 e. The van der Waals surface area contributed by atoms with Gasteiger partial charge in [0.05, 0.1) is 12.7 Å². The maximum atomic E-state index is 13.0. The zero-order valence-corrected chi connectivity index (χ0v) is 15.8. The van der Waals surface area contributed by atoms with E-state index in [0.29, 0.717) is 12.5 Å². The van der Waals surface area contributed by atoms with Crippen molar-refractivity contribution in [2.45, 2.75) is 31.8 Å². The summed E-state index contributed by atoms with van der Waals surface area (Å²) in [5.74, 6) is 0.658. The number of pyridine rings is 1. The molecule has 2 saturated heterocycles. The molecule has 2 aliphatic rings.